The van der Waals surface area contributed by atoms with E-state index in [0.717, 1.165) is 17.7 Å². The summed E-state index contributed by atoms with van der Waals surface area (Å²) in [5, 5.41) is 4.61. The summed E-state index contributed by atoms with van der Waals surface area (Å²) in [5.74, 6) is 0.828. The molecule has 6 heteroatoms. The highest BCUT2D eigenvalue weighted by Crippen LogP contribution is 2.12. The summed E-state index contributed by atoms with van der Waals surface area (Å²) < 4.78 is 8.35. The lowest BCUT2D eigenvalue weighted by atomic mass is 10.1. The fourth-order valence-corrected chi connectivity index (χ4v) is 2.27. The van der Waals surface area contributed by atoms with Gasteiger partial charge in [-0.1, -0.05) is 12.1 Å². The zero-order valence-corrected chi connectivity index (χ0v) is 12.0. The molecule has 0 atom stereocenters. The molecule has 0 aliphatic heterocycles. The Bertz CT molecular complexity index is 818. The summed E-state index contributed by atoms with van der Waals surface area (Å²) in [6, 6.07) is 7.83. The maximum atomic E-state index is 12.3. The Morgan fingerprint density at radius 2 is 2.00 bits per heavy atom. The molecule has 0 saturated heterocycles. The number of rotatable bonds is 4. The van der Waals surface area contributed by atoms with E-state index in [4.69, 9.17) is 4.74 Å². The predicted molar refractivity (Wildman–Crippen MR) is 79.5 cm³/mol. The fraction of sp³-hybridized carbons (Fsp3) is 0.267. The first-order valence-electron chi connectivity index (χ1n) is 6.69. The van der Waals surface area contributed by atoms with Crippen molar-refractivity contribution in [2.45, 2.75) is 13.0 Å². The summed E-state index contributed by atoms with van der Waals surface area (Å²) in [6.07, 6.45) is 3.90. The molecule has 6 nitrogen and oxygen atoms in total. The van der Waals surface area contributed by atoms with Crippen LogP contribution in [-0.2, 0) is 20.0 Å². The van der Waals surface area contributed by atoms with Crippen molar-refractivity contribution >= 4 is 11.0 Å². The van der Waals surface area contributed by atoms with E-state index in [1.165, 1.54) is 0 Å². The normalized spacial score (nSPS) is 11.0. The third kappa shape index (κ3) is 2.52. The number of nitrogens with zero attached hydrogens (tertiary/aromatic N) is 4. The molecule has 3 rings (SSSR count). The van der Waals surface area contributed by atoms with Gasteiger partial charge in [0.05, 0.1) is 19.6 Å². The topological polar surface area (TPSA) is 61.9 Å². The van der Waals surface area contributed by atoms with Crippen molar-refractivity contribution in [1.82, 2.24) is 19.3 Å². The molecule has 0 aliphatic rings. The van der Waals surface area contributed by atoms with Gasteiger partial charge in [-0.15, -0.1) is 0 Å². The van der Waals surface area contributed by atoms with Crippen LogP contribution in [0.2, 0.25) is 0 Å². The molecule has 0 aliphatic carbocycles. The number of benzene rings is 1. The Balaban J connectivity index is 1.81. The monoisotopic (exact) mass is 284 g/mol. The quantitative estimate of drug-likeness (QED) is 0.726. The van der Waals surface area contributed by atoms with Gasteiger partial charge in [0.1, 0.15) is 11.1 Å². The van der Waals surface area contributed by atoms with Gasteiger partial charge in [0.2, 0.25) is 0 Å². The van der Waals surface area contributed by atoms with Gasteiger partial charge in [-0.25, -0.2) is 4.98 Å². The summed E-state index contributed by atoms with van der Waals surface area (Å²) in [4.78, 5) is 16.6. The highest BCUT2D eigenvalue weighted by Gasteiger charge is 2.07. The molecule has 108 valence electrons. The molecule has 3 aromatic rings. The van der Waals surface area contributed by atoms with Gasteiger partial charge in [-0.05, 0) is 24.1 Å². The molecule has 0 amide bonds. The number of aromatic nitrogens is 4. The lowest BCUT2D eigenvalue weighted by Gasteiger charge is -2.06. The number of hydrogen-bond donors (Lipinski definition) is 0. The lowest BCUT2D eigenvalue weighted by molar-refractivity contribution is 0.414. The van der Waals surface area contributed by atoms with Crippen LogP contribution in [0.3, 0.4) is 0 Å². The van der Waals surface area contributed by atoms with Gasteiger partial charge >= 0.3 is 0 Å². The van der Waals surface area contributed by atoms with Crippen molar-refractivity contribution in [2.75, 3.05) is 7.11 Å². The summed E-state index contributed by atoms with van der Waals surface area (Å²) in [5.41, 5.74) is 1.70. The predicted octanol–water partition coefficient (Wildman–Crippen LogP) is 1.38. The zero-order chi connectivity index (χ0) is 14.8. The van der Waals surface area contributed by atoms with Crippen LogP contribution in [-0.4, -0.2) is 26.4 Å². The molecule has 0 fully saturated rings. The van der Waals surface area contributed by atoms with Crippen LogP contribution < -0.4 is 10.3 Å². The average molecular weight is 284 g/mol. The number of aryl methyl sites for hydroxylation is 3. The molecule has 0 N–H and O–H groups in total. The van der Waals surface area contributed by atoms with Gasteiger partial charge in [0, 0.05) is 13.6 Å². The Morgan fingerprint density at radius 3 is 2.71 bits per heavy atom. The largest absolute Gasteiger partial charge is 0.497 e. The number of hydrogen-bond acceptors (Lipinski definition) is 4. The fourth-order valence-electron chi connectivity index (χ4n) is 2.27. The summed E-state index contributed by atoms with van der Waals surface area (Å²) in [6.45, 7) is 0.586. The van der Waals surface area contributed by atoms with Crippen molar-refractivity contribution in [3.8, 4) is 5.75 Å². The number of methoxy groups -OCH3 is 1. The summed E-state index contributed by atoms with van der Waals surface area (Å²) >= 11 is 0. The van der Waals surface area contributed by atoms with Crippen LogP contribution in [0.5, 0.6) is 5.75 Å². The minimum absolute atomic E-state index is 0.0541. The molecule has 21 heavy (non-hydrogen) atoms. The molecular weight excluding hydrogens is 268 g/mol. The van der Waals surface area contributed by atoms with Crippen LogP contribution in [0.1, 0.15) is 5.56 Å². The molecule has 2 heterocycles. The van der Waals surface area contributed by atoms with Gasteiger partial charge in [0.25, 0.3) is 5.56 Å². The van der Waals surface area contributed by atoms with Crippen molar-refractivity contribution in [1.29, 1.82) is 0 Å². The second-order valence-corrected chi connectivity index (χ2v) is 4.85. The van der Waals surface area contributed by atoms with Gasteiger partial charge in [0.15, 0.2) is 5.65 Å². The highest BCUT2D eigenvalue weighted by atomic mass is 16.5. The van der Waals surface area contributed by atoms with E-state index in [1.54, 1.807) is 35.9 Å². The van der Waals surface area contributed by atoms with Crippen LogP contribution in [0.15, 0.2) is 41.6 Å². The minimum atomic E-state index is -0.0541. The first-order valence-corrected chi connectivity index (χ1v) is 6.69. The van der Waals surface area contributed by atoms with E-state index in [0.29, 0.717) is 17.6 Å². The summed E-state index contributed by atoms with van der Waals surface area (Å²) in [7, 11) is 3.42. The van der Waals surface area contributed by atoms with E-state index in [9.17, 15) is 4.79 Å². The van der Waals surface area contributed by atoms with E-state index in [-0.39, 0.29) is 5.56 Å². The SMILES string of the molecule is COc1ccc(CCn2cnc3c(cnn3C)c2=O)cc1. The number of ether oxygens (including phenoxy) is 1. The molecule has 0 unspecified atom stereocenters. The standard InChI is InChI=1S/C15H16N4O2/c1-18-14-13(9-17-18)15(20)19(10-16-14)8-7-11-3-5-12(21-2)6-4-11/h3-6,9-10H,7-8H2,1-2H3. The number of fused-ring (bicyclic) bond motifs is 1. The van der Waals surface area contributed by atoms with E-state index >= 15 is 0 Å². The Kier molecular flexibility index (Phi) is 3.43. The molecule has 1 aromatic carbocycles. The van der Waals surface area contributed by atoms with Crippen LogP contribution >= 0.6 is 0 Å². The molecule has 0 spiro atoms. The smallest absolute Gasteiger partial charge is 0.264 e. The highest BCUT2D eigenvalue weighted by molar-refractivity contribution is 5.72. The van der Waals surface area contributed by atoms with Crippen LogP contribution in [0, 0.1) is 0 Å². The van der Waals surface area contributed by atoms with Crippen LogP contribution in [0.25, 0.3) is 11.0 Å². The van der Waals surface area contributed by atoms with Crippen LogP contribution in [0.4, 0.5) is 0 Å². The maximum Gasteiger partial charge on any atom is 0.264 e. The average Bonchev–Trinajstić information content (AvgIpc) is 2.89. The Morgan fingerprint density at radius 1 is 1.24 bits per heavy atom. The van der Waals surface area contributed by atoms with E-state index < -0.39 is 0 Å². The molecular formula is C15H16N4O2. The maximum absolute atomic E-state index is 12.3. The van der Waals surface area contributed by atoms with Gasteiger partial charge < -0.3 is 4.74 Å². The van der Waals surface area contributed by atoms with Gasteiger partial charge in [-0.3, -0.25) is 14.0 Å². The van der Waals surface area contributed by atoms with Gasteiger partial charge in [-0.2, -0.15) is 5.10 Å². The van der Waals surface area contributed by atoms with Crippen molar-refractivity contribution in [2.24, 2.45) is 7.05 Å². The first-order chi connectivity index (χ1) is 10.2. The minimum Gasteiger partial charge on any atom is -0.497 e. The first kappa shape index (κ1) is 13.4. The molecule has 0 saturated carbocycles. The Hall–Kier alpha value is -2.63. The second-order valence-electron chi connectivity index (χ2n) is 4.85. The molecule has 2 aromatic heterocycles. The lowest BCUT2D eigenvalue weighted by Crippen LogP contribution is -2.21. The second kappa shape index (κ2) is 5.40. The van der Waals surface area contributed by atoms with Crippen molar-refractivity contribution in [3.05, 3.63) is 52.7 Å². The third-order valence-electron chi connectivity index (χ3n) is 3.52. The van der Waals surface area contributed by atoms with Crippen molar-refractivity contribution in [3.63, 3.8) is 0 Å². The zero-order valence-electron chi connectivity index (χ0n) is 12.0. The Labute approximate surface area is 121 Å². The van der Waals surface area contributed by atoms with E-state index in [1.807, 2.05) is 24.3 Å². The molecule has 0 radical (unpaired) electrons. The third-order valence-corrected chi connectivity index (χ3v) is 3.52. The molecule has 0 bridgehead atoms. The van der Waals surface area contributed by atoms with E-state index in [2.05, 4.69) is 10.1 Å². The van der Waals surface area contributed by atoms with Crippen molar-refractivity contribution < 1.29 is 4.74 Å².